The van der Waals surface area contributed by atoms with Crippen LogP contribution in [0.2, 0.25) is 0 Å². The van der Waals surface area contributed by atoms with E-state index >= 15 is 0 Å². The maximum Gasteiger partial charge on any atom is 0.227 e. The van der Waals surface area contributed by atoms with Crippen molar-refractivity contribution in [1.82, 2.24) is 0 Å². The average Bonchev–Trinajstić information content (AvgIpc) is 2.56. The van der Waals surface area contributed by atoms with Crippen molar-refractivity contribution < 1.29 is 9.59 Å². The smallest absolute Gasteiger partial charge is 0.227 e. The minimum atomic E-state index is -0.0335. The van der Waals surface area contributed by atoms with Crippen LogP contribution in [0.15, 0.2) is 18.2 Å². The van der Waals surface area contributed by atoms with Gasteiger partial charge in [0.25, 0.3) is 0 Å². The number of hydrogen-bond acceptors (Lipinski definition) is 3. The molecule has 2 rings (SSSR count). The van der Waals surface area contributed by atoms with E-state index in [4.69, 9.17) is 5.73 Å². The molecule has 1 aliphatic rings. The maximum atomic E-state index is 12.3. The normalized spacial score (nSPS) is 15.2. The summed E-state index contributed by atoms with van der Waals surface area (Å²) in [6.45, 7) is 2.45. The fourth-order valence-corrected chi connectivity index (χ4v) is 2.97. The number of nitrogens with one attached hydrogen (secondary N) is 2. The lowest BCUT2D eigenvalue weighted by Crippen LogP contribution is -2.25. The van der Waals surface area contributed by atoms with Crippen LogP contribution in [-0.4, -0.2) is 18.4 Å². The standard InChI is InChI=1S/C18H27N3O2/c1-13-12-15(20-17(22)8-5-11-19)9-10-16(13)21-18(23)14-6-3-2-4-7-14/h9-10,12,14H,2-8,11,19H2,1H3,(H,20,22)(H,21,23). The third-order valence-corrected chi connectivity index (χ3v) is 4.35. The van der Waals surface area contributed by atoms with Crippen molar-refractivity contribution in [2.45, 2.75) is 51.9 Å². The summed E-state index contributed by atoms with van der Waals surface area (Å²) in [6, 6.07) is 5.56. The van der Waals surface area contributed by atoms with Crippen LogP contribution in [0, 0.1) is 12.8 Å². The molecule has 2 amide bonds. The van der Waals surface area contributed by atoms with E-state index in [1.54, 1.807) is 0 Å². The van der Waals surface area contributed by atoms with E-state index in [2.05, 4.69) is 10.6 Å². The van der Waals surface area contributed by atoms with Crippen molar-refractivity contribution in [3.8, 4) is 0 Å². The highest BCUT2D eigenvalue weighted by atomic mass is 16.2. The zero-order valence-electron chi connectivity index (χ0n) is 13.9. The maximum absolute atomic E-state index is 12.3. The van der Waals surface area contributed by atoms with Crippen molar-refractivity contribution in [3.05, 3.63) is 23.8 Å². The average molecular weight is 317 g/mol. The first-order chi connectivity index (χ1) is 11.1. The first-order valence-electron chi connectivity index (χ1n) is 8.51. The zero-order chi connectivity index (χ0) is 16.7. The van der Waals surface area contributed by atoms with Crippen LogP contribution in [0.25, 0.3) is 0 Å². The van der Waals surface area contributed by atoms with Crippen LogP contribution in [-0.2, 0) is 9.59 Å². The van der Waals surface area contributed by atoms with Gasteiger partial charge in [-0.15, -0.1) is 0 Å². The first-order valence-corrected chi connectivity index (χ1v) is 8.51. The van der Waals surface area contributed by atoms with Crippen molar-refractivity contribution in [2.24, 2.45) is 11.7 Å². The number of carbonyl (C=O) groups excluding carboxylic acids is 2. The number of hydrogen-bond donors (Lipinski definition) is 3. The van der Waals surface area contributed by atoms with Crippen LogP contribution >= 0.6 is 0 Å². The van der Waals surface area contributed by atoms with E-state index in [1.165, 1.54) is 6.42 Å². The van der Waals surface area contributed by atoms with Gasteiger partial charge < -0.3 is 16.4 Å². The van der Waals surface area contributed by atoms with Gasteiger partial charge in [0.05, 0.1) is 0 Å². The molecule has 1 fully saturated rings. The molecule has 0 saturated heterocycles. The molecular formula is C18H27N3O2. The van der Waals surface area contributed by atoms with Crippen molar-refractivity contribution in [3.63, 3.8) is 0 Å². The quantitative estimate of drug-likeness (QED) is 0.753. The van der Waals surface area contributed by atoms with Crippen LogP contribution < -0.4 is 16.4 Å². The van der Waals surface area contributed by atoms with E-state index in [-0.39, 0.29) is 17.7 Å². The number of nitrogens with two attached hydrogens (primary N) is 1. The van der Waals surface area contributed by atoms with Gasteiger partial charge in [-0.1, -0.05) is 19.3 Å². The number of aryl methyl sites for hydroxylation is 1. The first kappa shape index (κ1) is 17.5. The highest BCUT2D eigenvalue weighted by Crippen LogP contribution is 2.26. The summed E-state index contributed by atoms with van der Waals surface area (Å²) in [6.07, 6.45) is 6.60. The largest absolute Gasteiger partial charge is 0.330 e. The second kappa shape index (κ2) is 8.67. The molecule has 0 aromatic heterocycles. The Balaban J connectivity index is 1.93. The molecule has 0 bridgehead atoms. The summed E-state index contributed by atoms with van der Waals surface area (Å²) in [7, 11) is 0. The summed E-state index contributed by atoms with van der Waals surface area (Å²) in [5.41, 5.74) is 7.92. The van der Waals surface area contributed by atoms with E-state index in [0.29, 0.717) is 19.4 Å². The Kier molecular flexibility index (Phi) is 6.59. The van der Waals surface area contributed by atoms with E-state index < -0.39 is 0 Å². The van der Waals surface area contributed by atoms with Gasteiger partial charge in [-0.2, -0.15) is 0 Å². The number of amides is 2. The van der Waals surface area contributed by atoms with Gasteiger partial charge in [0.1, 0.15) is 0 Å². The zero-order valence-corrected chi connectivity index (χ0v) is 13.9. The molecule has 1 aromatic carbocycles. The molecule has 0 atom stereocenters. The molecule has 5 heteroatoms. The topological polar surface area (TPSA) is 84.2 Å². The van der Waals surface area contributed by atoms with Gasteiger partial charge >= 0.3 is 0 Å². The molecule has 5 nitrogen and oxygen atoms in total. The van der Waals surface area contributed by atoms with Gasteiger partial charge in [0, 0.05) is 23.7 Å². The van der Waals surface area contributed by atoms with E-state index in [1.807, 2.05) is 25.1 Å². The lowest BCUT2D eigenvalue weighted by atomic mass is 9.88. The predicted octanol–water partition coefficient (Wildman–Crippen LogP) is 3.19. The third-order valence-electron chi connectivity index (χ3n) is 4.35. The van der Waals surface area contributed by atoms with Crippen LogP contribution in [0.3, 0.4) is 0 Å². The minimum absolute atomic E-state index is 0.0335. The minimum Gasteiger partial charge on any atom is -0.330 e. The van der Waals surface area contributed by atoms with E-state index in [9.17, 15) is 9.59 Å². The summed E-state index contributed by atoms with van der Waals surface area (Å²) < 4.78 is 0. The van der Waals surface area contributed by atoms with Gasteiger partial charge in [0.15, 0.2) is 0 Å². The summed E-state index contributed by atoms with van der Waals surface area (Å²) in [5.74, 6) is 0.222. The number of benzene rings is 1. The molecule has 0 radical (unpaired) electrons. The van der Waals surface area contributed by atoms with Crippen LogP contribution in [0.1, 0.15) is 50.5 Å². The summed E-state index contributed by atoms with van der Waals surface area (Å²) in [5, 5.41) is 5.88. The van der Waals surface area contributed by atoms with Gasteiger partial charge in [-0.25, -0.2) is 0 Å². The molecular weight excluding hydrogens is 290 g/mol. The van der Waals surface area contributed by atoms with Crippen molar-refractivity contribution in [2.75, 3.05) is 17.2 Å². The molecule has 0 unspecified atom stereocenters. The Labute approximate surface area is 138 Å². The molecule has 23 heavy (non-hydrogen) atoms. The number of carbonyl (C=O) groups is 2. The van der Waals surface area contributed by atoms with Crippen molar-refractivity contribution in [1.29, 1.82) is 0 Å². The van der Waals surface area contributed by atoms with Gasteiger partial charge in [-0.05, 0) is 56.5 Å². The Morgan fingerprint density at radius 2 is 1.91 bits per heavy atom. The van der Waals surface area contributed by atoms with Gasteiger partial charge in [0.2, 0.25) is 11.8 Å². The van der Waals surface area contributed by atoms with E-state index in [0.717, 1.165) is 42.6 Å². The highest BCUT2D eigenvalue weighted by Gasteiger charge is 2.21. The lowest BCUT2D eigenvalue weighted by Gasteiger charge is -2.21. The Morgan fingerprint density at radius 1 is 1.17 bits per heavy atom. The van der Waals surface area contributed by atoms with Crippen molar-refractivity contribution >= 4 is 23.2 Å². The van der Waals surface area contributed by atoms with Gasteiger partial charge in [-0.3, -0.25) is 9.59 Å². The molecule has 1 aromatic rings. The molecule has 126 valence electrons. The summed E-state index contributed by atoms with van der Waals surface area (Å²) in [4.78, 5) is 24.0. The molecule has 1 saturated carbocycles. The summed E-state index contributed by atoms with van der Waals surface area (Å²) >= 11 is 0. The molecule has 0 aliphatic heterocycles. The monoisotopic (exact) mass is 317 g/mol. The Hall–Kier alpha value is -1.88. The predicted molar refractivity (Wildman–Crippen MR) is 93.3 cm³/mol. The fraction of sp³-hybridized carbons (Fsp3) is 0.556. The second-order valence-corrected chi connectivity index (χ2v) is 6.29. The molecule has 0 spiro atoms. The fourth-order valence-electron chi connectivity index (χ4n) is 2.97. The number of anilines is 2. The molecule has 1 aliphatic carbocycles. The second-order valence-electron chi connectivity index (χ2n) is 6.29. The van der Waals surface area contributed by atoms with Crippen LogP contribution in [0.5, 0.6) is 0 Å². The highest BCUT2D eigenvalue weighted by molar-refractivity contribution is 5.94. The Bertz CT molecular complexity index is 551. The van der Waals surface area contributed by atoms with Crippen LogP contribution in [0.4, 0.5) is 11.4 Å². The Morgan fingerprint density at radius 3 is 2.57 bits per heavy atom. The number of rotatable bonds is 6. The molecule has 4 N–H and O–H groups in total. The lowest BCUT2D eigenvalue weighted by molar-refractivity contribution is -0.120. The SMILES string of the molecule is Cc1cc(NC(=O)CCCN)ccc1NC(=O)C1CCCCC1. The third kappa shape index (κ3) is 5.36. The molecule has 0 heterocycles.